The van der Waals surface area contributed by atoms with E-state index in [9.17, 15) is 4.79 Å². The summed E-state index contributed by atoms with van der Waals surface area (Å²) in [5, 5.41) is 0. The van der Waals surface area contributed by atoms with Gasteiger partial charge in [0.05, 0.1) is 0 Å². The second-order valence-corrected chi connectivity index (χ2v) is 2.08. The molecular weight excluding hydrogens is 144 g/mol. The number of carbonyl (C=O) groups is 1. The van der Waals surface area contributed by atoms with Crippen LogP contribution in [0.25, 0.3) is 0 Å². The molecule has 0 aliphatic heterocycles. The van der Waals surface area contributed by atoms with Crippen molar-refractivity contribution in [2.45, 2.75) is 26.4 Å². The van der Waals surface area contributed by atoms with Gasteiger partial charge in [-0.05, 0) is 13.3 Å². The van der Waals surface area contributed by atoms with Crippen molar-refractivity contribution in [2.24, 2.45) is 0 Å². The van der Waals surface area contributed by atoms with Crippen molar-refractivity contribution in [3.63, 3.8) is 0 Å². The van der Waals surface area contributed by atoms with Crippen molar-refractivity contribution < 1.29 is 14.3 Å². The van der Waals surface area contributed by atoms with Gasteiger partial charge in [-0.15, -0.1) is 6.42 Å². The Morgan fingerprint density at radius 2 is 2.36 bits per heavy atom. The van der Waals surface area contributed by atoms with E-state index in [1.54, 1.807) is 6.92 Å². The van der Waals surface area contributed by atoms with Gasteiger partial charge in [-0.1, -0.05) is 12.8 Å². The molecule has 0 heterocycles. The average molecular weight is 156 g/mol. The number of carbonyl (C=O) groups excluding carboxylic acids is 1. The predicted molar refractivity (Wildman–Crippen MR) is 41.0 cm³/mol. The SMILES string of the molecule is C#CCOC(=O)OC(C)CC. The van der Waals surface area contributed by atoms with Crippen molar-refractivity contribution in [2.75, 3.05) is 6.61 Å². The third-order valence-corrected chi connectivity index (χ3v) is 1.15. The summed E-state index contributed by atoms with van der Waals surface area (Å²) in [6, 6.07) is 0. The largest absolute Gasteiger partial charge is 0.509 e. The summed E-state index contributed by atoms with van der Waals surface area (Å²) in [7, 11) is 0. The fraction of sp³-hybridized carbons (Fsp3) is 0.625. The van der Waals surface area contributed by atoms with E-state index in [1.807, 2.05) is 6.92 Å². The maximum atomic E-state index is 10.6. The highest BCUT2D eigenvalue weighted by molar-refractivity contribution is 5.60. The quantitative estimate of drug-likeness (QED) is 0.459. The summed E-state index contributed by atoms with van der Waals surface area (Å²) < 4.78 is 9.21. The first-order chi connectivity index (χ1) is 5.20. The van der Waals surface area contributed by atoms with Gasteiger partial charge < -0.3 is 9.47 Å². The molecule has 0 N–H and O–H groups in total. The molecule has 3 heteroatoms. The van der Waals surface area contributed by atoms with Gasteiger partial charge in [0.2, 0.25) is 0 Å². The third-order valence-electron chi connectivity index (χ3n) is 1.15. The van der Waals surface area contributed by atoms with Crippen molar-refractivity contribution in [3.8, 4) is 12.3 Å². The van der Waals surface area contributed by atoms with Gasteiger partial charge >= 0.3 is 6.16 Å². The molecule has 0 fully saturated rings. The van der Waals surface area contributed by atoms with Gasteiger partial charge in [-0.2, -0.15) is 0 Å². The normalized spacial score (nSPS) is 11.4. The van der Waals surface area contributed by atoms with Crippen LogP contribution < -0.4 is 0 Å². The molecule has 0 saturated heterocycles. The molecule has 0 rings (SSSR count). The maximum Gasteiger partial charge on any atom is 0.509 e. The molecule has 0 aromatic rings. The Balaban J connectivity index is 3.45. The first-order valence-electron chi connectivity index (χ1n) is 3.47. The molecule has 0 amide bonds. The van der Waals surface area contributed by atoms with Gasteiger partial charge in [-0.25, -0.2) is 4.79 Å². The van der Waals surface area contributed by atoms with Gasteiger partial charge in [0, 0.05) is 0 Å². The van der Waals surface area contributed by atoms with Crippen molar-refractivity contribution >= 4 is 6.16 Å². The Bertz CT molecular complexity index is 157. The van der Waals surface area contributed by atoms with Crippen LogP contribution in [0.2, 0.25) is 0 Å². The highest BCUT2D eigenvalue weighted by Crippen LogP contribution is 1.97. The third kappa shape index (κ3) is 5.28. The van der Waals surface area contributed by atoms with E-state index in [0.717, 1.165) is 6.42 Å². The first-order valence-corrected chi connectivity index (χ1v) is 3.47. The molecule has 1 unspecified atom stereocenters. The lowest BCUT2D eigenvalue weighted by Crippen LogP contribution is -2.15. The van der Waals surface area contributed by atoms with Crippen molar-refractivity contribution in [1.82, 2.24) is 0 Å². The fourth-order valence-electron chi connectivity index (χ4n) is 0.382. The van der Waals surface area contributed by atoms with Gasteiger partial charge in [0.15, 0.2) is 6.61 Å². The van der Waals surface area contributed by atoms with E-state index in [-0.39, 0.29) is 12.7 Å². The number of ether oxygens (including phenoxy) is 2. The number of terminal acetylenes is 1. The first kappa shape index (κ1) is 9.83. The topological polar surface area (TPSA) is 35.5 Å². The molecule has 0 aliphatic rings. The smallest absolute Gasteiger partial charge is 0.431 e. The maximum absolute atomic E-state index is 10.6. The van der Waals surface area contributed by atoms with E-state index in [4.69, 9.17) is 11.2 Å². The van der Waals surface area contributed by atoms with Crippen LogP contribution in [0.4, 0.5) is 4.79 Å². The summed E-state index contributed by atoms with van der Waals surface area (Å²) in [6.07, 6.45) is 4.82. The highest BCUT2D eigenvalue weighted by Gasteiger charge is 2.06. The van der Waals surface area contributed by atoms with Crippen LogP contribution in [0, 0.1) is 12.3 Å². The number of rotatable bonds is 3. The molecule has 0 saturated carbocycles. The standard InChI is InChI=1S/C8H12O3/c1-4-6-10-8(9)11-7(3)5-2/h1,7H,5-6H2,2-3H3. The van der Waals surface area contributed by atoms with E-state index < -0.39 is 6.16 Å². The summed E-state index contributed by atoms with van der Waals surface area (Å²) in [5.74, 6) is 2.17. The van der Waals surface area contributed by atoms with Gasteiger partial charge in [-0.3, -0.25) is 0 Å². The van der Waals surface area contributed by atoms with E-state index in [1.165, 1.54) is 0 Å². The second-order valence-electron chi connectivity index (χ2n) is 2.08. The Labute approximate surface area is 66.7 Å². The highest BCUT2D eigenvalue weighted by atomic mass is 16.7. The van der Waals surface area contributed by atoms with Gasteiger partial charge in [0.25, 0.3) is 0 Å². The lowest BCUT2D eigenvalue weighted by molar-refractivity contribution is 0.0356. The minimum atomic E-state index is -0.697. The van der Waals surface area contributed by atoms with E-state index in [2.05, 4.69) is 10.7 Å². The Hall–Kier alpha value is -1.17. The molecule has 0 radical (unpaired) electrons. The van der Waals surface area contributed by atoms with E-state index in [0.29, 0.717) is 0 Å². The minimum absolute atomic E-state index is 0.0325. The lowest BCUT2D eigenvalue weighted by Gasteiger charge is -2.08. The van der Waals surface area contributed by atoms with Crippen LogP contribution in [0.5, 0.6) is 0 Å². The average Bonchev–Trinajstić information content (AvgIpc) is 2.00. The molecule has 0 aromatic heterocycles. The van der Waals surface area contributed by atoms with Crippen molar-refractivity contribution in [3.05, 3.63) is 0 Å². The summed E-state index contributed by atoms with van der Waals surface area (Å²) in [6.45, 7) is 3.67. The van der Waals surface area contributed by atoms with Gasteiger partial charge in [0.1, 0.15) is 6.10 Å². The lowest BCUT2D eigenvalue weighted by atomic mass is 10.3. The number of hydrogen-bond donors (Lipinski definition) is 0. The molecule has 62 valence electrons. The molecule has 0 spiro atoms. The van der Waals surface area contributed by atoms with Crippen LogP contribution in [0.15, 0.2) is 0 Å². The summed E-state index contributed by atoms with van der Waals surface area (Å²) in [5.41, 5.74) is 0. The second kappa shape index (κ2) is 5.60. The number of hydrogen-bond acceptors (Lipinski definition) is 3. The Morgan fingerprint density at radius 3 is 2.82 bits per heavy atom. The molecule has 11 heavy (non-hydrogen) atoms. The zero-order chi connectivity index (χ0) is 8.69. The van der Waals surface area contributed by atoms with Crippen LogP contribution in [0.3, 0.4) is 0 Å². The zero-order valence-electron chi connectivity index (χ0n) is 6.79. The van der Waals surface area contributed by atoms with Crippen LogP contribution in [-0.4, -0.2) is 18.9 Å². The predicted octanol–water partition coefficient (Wildman–Crippen LogP) is 1.57. The molecular formula is C8H12O3. The fourth-order valence-corrected chi connectivity index (χ4v) is 0.382. The van der Waals surface area contributed by atoms with Crippen molar-refractivity contribution in [1.29, 1.82) is 0 Å². The molecule has 3 nitrogen and oxygen atoms in total. The molecule has 0 aromatic carbocycles. The van der Waals surface area contributed by atoms with Crippen LogP contribution >= 0.6 is 0 Å². The zero-order valence-corrected chi connectivity index (χ0v) is 6.79. The molecule has 0 aliphatic carbocycles. The summed E-state index contributed by atoms with van der Waals surface area (Å²) >= 11 is 0. The monoisotopic (exact) mass is 156 g/mol. The minimum Gasteiger partial charge on any atom is -0.431 e. The Kier molecular flexibility index (Phi) is 5.01. The van der Waals surface area contributed by atoms with E-state index >= 15 is 0 Å². The molecule has 1 atom stereocenters. The van der Waals surface area contributed by atoms with Crippen LogP contribution in [-0.2, 0) is 9.47 Å². The summed E-state index contributed by atoms with van der Waals surface area (Å²) in [4.78, 5) is 10.6. The van der Waals surface area contributed by atoms with Crippen LogP contribution in [0.1, 0.15) is 20.3 Å². The molecule has 0 bridgehead atoms. The Morgan fingerprint density at radius 1 is 1.73 bits per heavy atom.